The molecule has 2 rings (SSSR count). The molecule has 0 saturated heterocycles. The fourth-order valence-corrected chi connectivity index (χ4v) is 2.17. The van der Waals surface area contributed by atoms with E-state index in [-0.39, 0.29) is 13.2 Å². The lowest BCUT2D eigenvalue weighted by molar-refractivity contribution is -0.119. The Morgan fingerprint density at radius 3 is 2.65 bits per heavy atom. The van der Waals surface area contributed by atoms with E-state index < -0.39 is 11.9 Å². The molecule has 0 aliphatic heterocycles. The number of carbonyl (C=O) groups is 2. The Labute approximate surface area is 141 Å². The van der Waals surface area contributed by atoms with E-state index in [0.717, 1.165) is 4.47 Å². The van der Waals surface area contributed by atoms with Crippen LogP contribution in [0.2, 0.25) is 0 Å². The van der Waals surface area contributed by atoms with Crippen molar-refractivity contribution in [2.45, 2.75) is 6.61 Å². The van der Waals surface area contributed by atoms with Crippen molar-refractivity contribution in [3.8, 4) is 5.75 Å². The number of hydrogen-bond acceptors (Lipinski definition) is 5. The molecule has 0 fully saturated rings. The first-order chi connectivity index (χ1) is 11.0. The van der Waals surface area contributed by atoms with Crippen molar-refractivity contribution in [1.29, 1.82) is 0 Å². The normalized spacial score (nSPS) is 10.1. The van der Waals surface area contributed by atoms with Gasteiger partial charge in [-0.2, -0.15) is 0 Å². The standard InChI is InChI=1S/C16H15BrN2O4/c17-11-4-5-14(18)13(7-11)16(21)23-8-10-2-1-3-12(6-10)22-9-15(19)20/h1-7H,8-9,18H2,(H2,19,20). The van der Waals surface area contributed by atoms with E-state index in [1.165, 1.54) is 0 Å². The second kappa shape index (κ2) is 7.64. The first-order valence-corrected chi connectivity index (χ1v) is 7.47. The minimum Gasteiger partial charge on any atom is -0.484 e. The van der Waals surface area contributed by atoms with Crippen LogP contribution in [-0.4, -0.2) is 18.5 Å². The number of rotatable bonds is 6. The van der Waals surface area contributed by atoms with Gasteiger partial charge in [0, 0.05) is 10.2 Å². The van der Waals surface area contributed by atoms with Crippen molar-refractivity contribution in [1.82, 2.24) is 0 Å². The van der Waals surface area contributed by atoms with E-state index in [2.05, 4.69) is 15.9 Å². The van der Waals surface area contributed by atoms with Gasteiger partial charge in [0.1, 0.15) is 12.4 Å². The van der Waals surface area contributed by atoms with Crippen LogP contribution in [0.1, 0.15) is 15.9 Å². The molecule has 0 heterocycles. The zero-order chi connectivity index (χ0) is 16.8. The van der Waals surface area contributed by atoms with Crippen molar-refractivity contribution < 1.29 is 19.1 Å². The number of nitrogens with two attached hydrogens (primary N) is 2. The zero-order valence-corrected chi connectivity index (χ0v) is 13.7. The van der Waals surface area contributed by atoms with Crippen LogP contribution in [0.25, 0.3) is 0 Å². The maximum Gasteiger partial charge on any atom is 0.340 e. The lowest BCUT2D eigenvalue weighted by Crippen LogP contribution is -2.20. The summed E-state index contributed by atoms with van der Waals surface area (Å²) in [5, 5.41) is 0. The quantitative estimate of drug-likeness (QED) is 0.592. The monoisotopic (exact) mass is 378 g/mol. The summed E-state index contributed by atoms with van der Waals surface area (Å²) in [5.74, 6) is -0.612. The van der Waals surface area contributed by atoms with Gasteiger partial charge in [-0.25, -0.2) is 4.79 Å². The fourth-order valence-electron chi connectivity index (χ4n) is 1.81. The molecule has 4 N–H and O–H groups in total. The third-order valence-electron chi connectivity index (χ3n) is 2.88. The molecule has 0 aliphatic rings. The van der Waals surface area contributed by atoms with E-state index in [1.807, 2.05) is 0 Å². The van der Waals surface area contributed by atoms with E-state index in [1.54, 1.807) is 42.5 Å². The molecule has 0 aliphatic carbocycles. The van der Waals surface area contributed by atoms with Gasteiger partial charge in [-0.1, -0.05) is 28.1 Å². The van der Waals surface area contributed by atoms with Crippen LogP contribution in [0, 0.1) is 0 Å². The number of benzene rings is 2. The average Bonchev–Trinajstić information content (AvgIpc) is 2.53. The maximum atomic E-state index is 12.1. The molecule has 0 saturated carbocycles. The van der Waals surface area contributed by atoms with E-state index in [4.69, 9.17) is 20.9 Å². The number of halogens is 1. The van der Waals surface area contributed by atoms with Crippen LogP contribution in [0.3, 0.4) is 0 Å². The second-order valence-electron chi connectivity index (χ2n) is 4.71. The first-order valence-electron chi connectivity index (χ1n) is 6.68. The fraction of sp³-hybridized carbons (Fsp3) is 0.125. The minimum absolute atomic E-state index is 0.0541. The Bertz CT molecular complexity index is 734. The predicted octanol–water partition coefficient (Wildman–Crippen LogP) is 2.25. The molecule has 2 aromatic rings. The van der Waals surface area contributed by atoms with Gasteiger partial charge in [0.2, 0.25) is 0 Å². The van der Waals surface area contributed by atoms with Crippen molar-refractivity contribution in [2.75, 3.05) is 12.3 Å². The molecule has 6 nitrogen and oxygen atoms in total. The first kappa shape index (κ1) is 16.8. The summed E-state index contributed by atoms with van der Waals surface area (Å²) >= 11 is 3.28. The number of nitrogen functional groups attached to an aromatic ring is 1. The summed E-state index contributed by atoms with van der Waals surface area (Å²) in [7, 11) is 0. The average molecular weight is 379 g/mol. The van der Waals surface area contributed by atoms with Crippen LogP contribution in [0.15, 0.2) is 46.9 Å². The van der Waals surface area contributed by atoms with Crippen LogP contribution in [-0.2, 0) is 16.1 Å². The largest absolute Gasteiger partial charge is 0.484 e. The number of esters is 1. The predicted molar refractivity (Wildman–Crippen MR) is 88.8 cm³/mol. The number of amides is 1. The molecular weight excluding hydrogens is 364 g/mol. The highest BCUT2D eigenvalue weighted by atomic mass is 79.9. The SMILES string of the molecule is NC(=O)COc1cccc(COC(=O)c2cc(Br)ccc2N)c1. The number of carbonyl (C=O) groups excluding carboxylic acids is 2. The molecule has 0 spiro atoms. The molecule has 7 heteroatoms. The highest BCUT2D eigenvalue weighted by Crippen LogP contribution is 2.20. The molecule has 0 radical (unpaired) electrons. The molecule has 120 valence electrons. The van der Waals surface area contributed by atoms with Crippen molar-refractivity contribution in [3.63, 3.8) is 0 Å². The Hall–Kier alpha value is -2.54. The van der Waals surface area contributed by atoms with Crippen LogP contribution in [0.4, 0.5) is 5.69 Å². The summed E-state index contributed by atoms with van der Waals surface area (Å²) in [5.41, 5.74) is 12.1. The van der Waals surface area contributed by atoms with Gasteiger partial charge < -0.3 is 20.9 Å². The Morgan fingerprint density at radius 2 is 1.91 bits per heavy atom. The van der Waals surface area contributed by atoms with Crippen molar-refractivity contribution >= 4 is 33.5 Å². The van der Waals surface area contributed by atoms with Gasteiger partial charge in [-0.3, -0.25) is 4.79 Å². The molecule has 0 unspecified atom stereocenters. The minimum atomic E-state index is -0.563. The van der Waals surface area contributed by atoms with Crippen LogP contribution < -0.4 is 16.2 Å². The Kier molecular flexibility index (Phi) is 5.59. The molecule has 0 atom stereocenters. The number of anilines is 1. The van der Waals surface area contributed by atoms with E-state index in [0.29, 0.717) is 22.6 Å². The van der Waals surface area contributed by atoms with Gasteiger partial charge in [-0.15, -0.1) is 0 Å². The van der Waals surface area contributed by atoms with Crippen LogP contribution in [0.5, 0.6) is 5.75 Å². The summed E-state index contributed by atoms with van der Waals surface area (Å²) in [6.45, 7) is -0.156. The highest BCUT2D eigenvalue weighted by molar-refractivity contribution is 9.10. The van der Waals surface area contributed by atoms with Crippen LogP contribution >= 0.6 is 15.9 Å². The van der Waals surface area contributed by atoms with Gasteiger partial charge >= 0.3 is 5.97 Å². The summed E-state index contributed by atoms with van der Waals surface area (Å²) < 4.78 is 11.2. The van der Waals surface area contributed by atoms with Gasteiger partial charge in [-0.05, 0) is 35.9 Å². The van der Waals surface area contributed by atoms with Gasteiger partial charge in [0.25, 0.3) is 5.91 Å². The van der Waals surface area contributed by atoms with E-state index in [9.17, 15) is 9.59 Å². The highest BCUT2D eigenvalue weighted by Gasteiger charge is 2.12. The third-order valence-corrected chi connectivity index (χ3v) is 3.38. The summed E-state index contributed by atoms with van der Waals surface area (Å²) in [4.78, 5) is 22.8. The summed E-state index contributed by atoms with van der Waals surface area (Å²) in [6, 6.07) is 11.8. The number of primary amides is 1. The van der Waals surface area contributed by atoms with E-state index >= 15 is 0 Å². The molecule has 1 amide bonds. The third kappa shape index (κ3) is 5.00. The van der Waals surface area contributed by atoms with Gasteiger partial charge in [0.15, 0.2) is 6.61 Å². The summed E-state index contributed by atoms with van der Waals surface area (Å²) in [6.07, 6.45) is 0. The zero-order valence-electron chi connectivity index (χ0n) is 12.1. The van der Waals surface area contributed by atoms with Crippen molar-refractivity contribution in [3.05, 3.63) is 58.1 Å². The molecule has 0 bridgehead atoms. The van der Waals surface area contributed by atoms with Crippen molar-refractivity contribution in [2.24, 2.45) is 5.73 Å². The van der Waals surface area contributed by atoms with Gasteiger partial charge in [0.05, 0.1) is 5.56 Å². The molecular formula is C16H15BrN2O4. The Balaban J connectivity index is 2.00. The maximum absolute atomic E-state index is 12.1. The number of ether oxygens (including phenoxy) is 2. The lowest BCUT2D eigenvalue weighted by Gasteiger charge is -2.09. The molecule has 2 aromatic carbocycles. The lowest BCUT2D eigenvalue weighted by atomic mass is 10.2. The topological polar surface area (TPSA) is 105 Å². The second-order valence-corrected chi connectivity index (χ2v) is 5.63. The molecule has 23 heavy (non-hydrogen) atoms. The molecule has 0 aromatic heterocycles. The smallest absolute Gasteiger partial charge is 0.340 e. The number of hydrogen-bond donors (Lipinski definition) is 2. The Morgan fingerprint density at radius 1 is 1.13 bits per heavy atom.